The fourth-order valence-corrected chi connectivity index (χ4v) is 4.36. The van der Waals surface area contributed by atoms with Gasteiger partial charge in [-0.3, -0.25) is 14.3 Å². The van der Waals surface area contributed by atoms with Gasteiger partial charge in [-0.2, -0.15) is 11.8 Å². The van der Waals surface area contributed by atoms with Crippen molar-refractivity contribution >= 4 is 11.8 Å². The van der Waals surface area contributed by atoms with Crippen molar-refractivity contribution in [3.63, 3.8) is 0 Å². The Balaban J connectivity index is 1.85. The van der Waals surface area contributed by atoms with E-state index in [2.05, 4.69) is 18.8 Å². The first-order valence-electron chi connectivity index (χ1n) is 7.09. The number of nitrogens with one attached hydrogen (secondary N) is 1. The van der Waals surface area contributed by atoms with E-state index in [1.807, 2.05) is 11.8 Å². The van der Waals surface area contributed by atoms with Crippen molar-refractivity contribution in [3.8, 4) is 0 Å². The van der Waals surface area contributed by atoms with Crippen LogP contribution in [0.2, 0.25) is 0 Å². The summed E-state index contributed by atoms with van der Waals surface area (Å²) in [4.78, 5) is 25.6. The molecule has 0 spiro atoms. The Morgan fingerprint density at radius 1 is 1.48 bits per heavy atom. The van der Waals surface area contributed by atoms with Gasteiger partial charge < -0.3 is 9.84 Å². The van der Waals surface area contributed by atoms with Crippen LogP contribution in [0.5, 0.6) is 0 Å². The van der Waals surface area contributed by atoms with Crippen molar-refractivity contribution in [2.24, 2.45) is 5.92 Å². The quantitative estimate of drug-likeness (QED) is 0.837. The molecule has 0 amide bonds. The normalized spacial score (nSPS) is 34.7. The minimum Gasteiger partial charge on any atom is -0.390 e. The van der Waals surface area contributed by atoms with Crippen LogP contribution in [0.25, 0.3) is 0 Å². The molecule has 3 heterocycles. The lowest BCUT2D eigenvalue weighted by Gasteiger charge is -2.47. The molecule has 2 aliphatic heterocycles. The van der Waals surface area contributed by atoms with E-state index in [4.69, 9.17) is 4.74 Å². The van der Waals surface area contributed by atoms with E-state index >= 15 is 0 Å². The standard InChI is InChI=1S/C14H20N2O4S/c1-7-5-16(13(19)15-12(7)18)10-4-9(17)11(20-10)8-6-21-14(8,2)3/h5,8-11,17H,4,6H2,1-3H3,(H,15,18,19). The number of hydrogen-bond donors (Lipinski definition) is 2. The van der Waals surface area contributed by atoms with E-state index in [0.29, 0.717) is 12.0 Å². The second-order valence-corrected chi connectivity index (χ2v) is 8.03. The van der Waals surface area contributed by atoms with Gasteiger partial charge in [0, 0.05) is 34.6 Å². The molecule has 4 unspecified atom stereocenters. The highest BCUT2D eigenvalue weighted by Crippen LogP contribution is 2.50. The van der Waals surface area contributed by atoms with Crippen LogP contribution in [-0.2, 0) is 4.74 Å². The maximum Gasteiger partial charge on any atom is 0.330 e. The van der Waals surface area contributed by atoms with Crippen molar-refractivity contribution in [3.05, 3.63) is 32.6 Å². The monoisotopic (exact) mass is 312 g/mol. The van der Waals surface area contributed by atoms with Crippen LogP contribution < -0.4 is 11.2 Å². The van der Waals surface area contributed by atoms with Gasteiger partial charge in [-0.15, -0.1) is 0 Å². The molecule has 0 aliphatic carbocycles. The largest absolute Gasteiger partial charge is 0.390 e. The molecule has 1 aromatic rings. The number of aryl methyl sites for hydroxylation is 1. The van der Waals surface area contributed by atoms with E-state index in [1.54, 1.807) is 6.92 Å². The predicted molar refractivity (Wildman–Crippen MR) is 80.6 cm³/mol. The fourth-order valence-electron chi connectivity index (χ4n) is 3.01. The zero-order valence-electron chi connectivity index (χ0n) is 12.3. The molecule has 7 heteroatoms. The Morgan fingerprint density at radius 3 is 2.76 bits per heavy atom. The number of aromatic amines is 1. The number of hydrogen-bond acceptors (Lipinski definition) is 5. The van der Waals surface area contributed by atoms with E-state index in [0.717, 1.165) is 5.75 Å². The fraction of sp³-hybridized carbons (Fsp3) is 0.714. The molecule has 4 atom stereocenters. The molecular weight excluding hydrogens is 292 g/mol. The van der Waals surface area contributed by atoms with Crippen LogP contribution in [-0.4, -0.2) is 37.4 Å². The van der Waals surface area contributed by atoms with Crippen LogP contribution in [0, 0.1) is 12.8 Å². The second-order valence-electron chi connectivity index (χ2n) is 6.36. The van der Waals surface area contributed by atoms with Crippen molar-refractivity contribution in [1.82, 2.24) is 9.55 Å². The first-order valence-corrected chi connectivity index (χ1v) is 8.08. The molecule has 116 valence electrons. The molecule has 21 heavy (non-hydrogen) atoms. The van der Waals surface area contributed by atoms with Gasteiger partial charge >= 0.3 is 5.69 Å². The number of thioether (sulfide) groups is 1. The van der Waals surface area contributed by atoms with Gasteiger partial charge in [-0.05, 0) is 6.92 Å². The molecule has 3 rings (SSSR count). The van der Waals surface area contributed by atoms with E-state index < -0.39 is 18.0 Å². The molecule has 6 nitrogen and oxygen atoms in total. The summed E-state index contributed by atoms with van der Waals surface area (Å²) in [6, 6.07) is 0. The third-order valence-corrected chi connectivity index (χ3v) is 6.09. The molecule has 0 bridgehead atoms. The molecule has 2 saturated heterocycles. The van der Waals surface area contributed by atoms with Crippen LogP contribution in [0.1, 0.15) is 32.1 Å². The minimum absolute atomic E-state index is 0.0897. The van der Waals surface area contributed by atoms with Gasteiger partial charge in [-0.1, -0.05) is 13.8 Å². The maximum absolute atomic E-state index is 11.9. The van der Waals surface area contributed by atoms with Crippen LogP contribution in [0.3, 0.4) is 0 Å². The predicted octanol–water partition coefficient (Wildman–Crippen LogP) is 0.635. The van der Waals surface area contributed by atoms with Crippen LogP contribution in [0.15, 0.2) is 15.8 Å². The third-order valence-electron chi connectivity index (χ3n) is 4.52. The summed E-state index contributed by atoms with van der Waals surface area (Å²) in [5, 5.41) is 10.3. The SMILES string of the molecule is Cc1cn(C2CC(O)C(C3CSC3(C)C)O2)c(=O)[nH]c1=O. The number of nitrogens with zero attached hydrogens (tertiary/aromatic N) is 1. The highest BCUT2D eigenvalue weighted by atomic mass is 32.2. The molecule has 2 N–H and O–H groups in total. The number of aliphatic hydroxyl groups excluding tert-OH is 1. The summed E-state index contributed by atoms with van der Waals surface area (Å²) < 4.78 is 7.42. The van der Waals surface area contributed by atoms with Crippen molar-refractivity contribution in [2.75, 3.05) is 5.75 Å². The van der Waals surface area contributed by atoms with Gasteiger partial charge in [-0.25, -0.2) is 4.79 Å². The minimum atomic E-state index is -0.584. The summed E-state index contributed by atoms with van der Waals surface area (Å²) in [5.41, 5.74) is -0.427. The Bertz CT molecular complexity index is 666. The first-order chi connectivity index (χ1) is 9.79. The third kappa shape index (κ3) is 2.47. The summed E-state index contributed by atoms with van der Waals surface area (Å²) in [7, 11) is 0. The molecule has 2 fully saturated rings. The average molecular weight is 312 g/mol. The lowest BCUT2D eigenvalue weighted by Crippen LogP contribution is -2.50. The molecular formula is C14H20N2O4S. The van der Waals surface area contributed by atoms with E-state index in [1.165, 1.54) is 10.8 Å². The zero-order chi connectivity index (χ0) is 15.4. The number of ether oxygens (including phenoxy) is 1. The maximum atomic E-state index is 11.9. The first kappa shape index (κ1) is 14.9. The summed E-state index contributed by atoms with van der Waals surface area (Å²) in [6.45, 7) is 5.93. The van der Waals surface area contributed by atoms with Gasteiger partial charge in [0.05, 0.1) is 12.2 Å². The Labute approximate surface area is 126 Å². The smallest absolute Gasteiger partial charge is 0.330 e. The lowest BCUT2D eigenvalue weighted by atomic mass is 9.87. The summed E-state index contributed by atoms with van der Waals surface area (Å²) >= 11 is 1.86. The van der Waals surface area contributed by atoms with Crippen LogP contribution >= 0.6 is 11.8 Å². The van der Waals surface area contributed by atoms with Gasteiger partial charge in [0.2, 0.25) is 0 Å². The second kappa shape index (κ2) is 5.00. The highest BCUT2D eigenvalue weighted by Gasteiger charge is 2.51. The van der Waals surface area contributed by atoms with Gasteiger partial charge in [0.15, 0.2) is 0 Å². The number of aliphatic hydroxyl groups is 1. The lowest BCUT2D eigenvalue weighted by molar-refractivity contribution is -0.0552. The Hall–Kier alpha value is -1.05. The molecule has 0 saturated carbocycles. The topological polar surface area (TPSA) is 84.3 Å². The summed E-state index contributed by atoms with van der Waals surface area (Å²) in [6.07, 6.45) is 0.508. The number of H-pyrrole nitrogens is 1. The van der Waals surface area contributed by atoms with Crippen molar-refractivity contribution in [2.45, 2.75) is 50.4 Å². The molecule has 2 aliphatic rings. The van der Waals surface area contributed by atoms with Crippen molar-refractivity contribution in [1.29, 1.82) is 0 Å². The molecule has 0 aromatic carbocycles. The zero-order valence-corrected chi connectivity index (χ0v) is 13.1. The molecule has 0 radical (unpaired) electrons. The van der Waals surface area contributed by atoms with Gasteiger partial charge in [0.1, 0.15) is 6.23 Å². The molecule has 1 aromatic heterocycles. The highest BCUT2D eigenvalue weighted by molar-refractivity contribution is 8.02. The number of rotatable bonds is 2. The van der Waals surface area contributed by atoms with Crippen molar-refractivity contribution < 1.29 is 9.84 Å². The number of aromatic nitrogens is 2. The van der Waals surface area contributed by atoms with Crippen LogP contribution in [0.4, 0.5) is 0 Å². The van der Waals surface area contributed by atoms with E-state index in [9.17, 15) is 14.7 Å². The summed E-state index contributed by atoms with van der Waals surface area (Å²) in [5.74, 6) is 1.24. The Kier molecular flexibility index (Phi) is 3.54. The van der Waals surface area contributed by atoms with Gasteiger partial charge in [0.25, 0.3) is 5.56 Å². The average Bonchev–Trinajstić information content (AvgIpc) is 2.74. The Morgan fingerprint density at radius 2 is 2.19 bits per heavy atom. The van der Waals surface area contributed by atoms with E-state index in [-0.39, 0.29) is 22.3 Å².